The van der Waals surface area contributed by atoms with E-state index in [0.717, 1.165) is 47.4 Å². The lowest BCUT2D eigenvalue weighted by Gasteiger charge is -2.36. The highest BCUT2D eigenvalue weighted by Crippen LogP contribution is 2.37. The van der Waals surface area contributed by atoms with Crippen LogP contribution in [-0.2, 0) is 13.0 Å². The zero-order valence-electron chi connectivity index (χ0n) is 21.0. The van der Waals surface area contributed by atoms with Gasteiger partial charge in [0.1, 0.15) is 0 Å². The molecule has 0 unspecified atom stereocenters. The molecule has 4 rings (SSSR count). The topological polar surface area (TPSA) is 135 Å². The summed E-state index contributed by atoms with van der Waals surface area (Å²) < 4.78 is 0. The van der Waals surface area contributed by atoms with Crippen molar-refractivity contribution in [2.24, 2.45) is 0 Å². The van der Waals surface area contributed by atoms with Gasteiger partial charge in [-0.3, -0.25) is 4.79 Å². The monoisotopic (exact) mass is 516 g/mol. The second-order valence-electron chi connectivity index (χ2n) is 9.46. The molecule has 1 amide bonds. The van der Waals surface area contributed by atoms with E-state index in [1.807, 2.05) is 67.5 Å². The van der Waals surface area contributed by atoms with Crippen LogP contribution < -0.4 is 4.90 Å². The summed E-state index contributed by atoms with van der Waals surface area (Å²) in [6, 6.07) is 16.6. The number of carbonyl (C=O) groups is 4. The fraction of sp³-hybridized carbons (Fsp3) is 0.241. The highest BCUT2D eigenvalue weighted by atomic mass is 16.4. The van der Waals surface area contributed by atoms with E-state index in [-0.39, 0.29) is 18.2 Å². The van der Waals surface area contributed by atoms with Crippen LogP contribution in [0.1, 0.15) is 77.0 Å². The number of hydrogen-bond acceptors (Lipinski definition) is 5. The molecule has 0 radical (unpaired) electrons. The molecular formula is C29H28N2O7. The summed E-state index contributed by atoms with van der Waals surface area (Å²) in [5, 5.41) is 29.0. The molecule has 0 spiro atoms. The van der Waals surface area contributed by atoms with Crippen LogP contribution in [-0.4, -0.2) is 58.1 Å². The Labute approximate surface area is 219 Å². The van der Waals surface area contributed by atoms with Gasteiger partial charge in [0.15, 0.2) is 0 Å². The molecule has 1 atom stereocenters. The van der Waals surface area contributed by atoms with E-state index in [9.17, 15) is 34.5 Å². The van der Waals surface area contributed by atoms with Gasteiger partial charge in [-0.25, -0.2) is 14.4 Å². The smallest absolute Gasteiger partial charge is 0.336 e. The van der Waals surface area contributed by atoms with Crippen molar-refractivity contribution in [3.8, 4) is 0 Å². The lowest BCUT2D eigenvalue weighted by atomic mass is 9.86. The molecule has 0 heterocycles. The molecule has 1 aliphatic rings. The average molecular weight is 517 g/mol. The van der Waals surface area contributed by atoms with Crippen molar-refractivity contribution in [1.29, 1.82) is 0 Å². The standard InChI is InChI=1S/C29H28N2O7/c1-30(2)19-12-10-17(11-13-19)16-31(25-9-5-7-18-6-3-4-8-20(18)25)26(32)21-14-23(28(35)36)24(29(37)38)15-22(21)27(33)34/h3-4,6,8,10-15,25H,5,7,9,16H2,1-2H3,(H,33,34)(H,35,36)(H,37,38)/t25-/m0/s1. The molecule has 196 valence electrons. The van der Waals surface area contributed by atoms with Crippen molar-refractivity contribution >= 4 is 29.5 Å². The minimum atomic E-state index is -1.59. The maximum Gasteiger partial charge on any atom is 0.336 e. The van der Waals surface area contributed by atoms with Gasteiger partial charge in [-0.1, -0.05) is 36.4 Å². The minimum absolute atomic E-state index is 0.147. The number of hydrogen-bond donors (Lipinski definition) is 3. The quantitative estimate of drug-likeness (QED) is 0.396. The summed E-state index contributed by atoms with van der Waals surface area (Å²) in [5.41, 5.74) is 1.56. The van der Waals surface area contributed by atoms with E-state index < -0.39 is 40.5 Å². The van der Waals surface area contributed by atoms with Gasteiger partial charge < -0.3 is 25.1 Å². The average Bonchev–Trinajstić information content (AvgIpc) is 2.90. The van der Waals surface area contributed by atoms with Crippen molar-refractivity contribution in [1.82, 2.24) is 4.90 Å². The fourth-order valence-corrected chi connectivity index (χ4v) is 4.93. The first kappa shape index (κ1) is 26.4. The molecule has 0 aromatic heterocycles. The maximum absolute atomic E-state index is 14.1. The highest BCUT2D eigenvalue weighted by molar-refractivity contribution is 6.10. The van der Waals surface area contributed by atoms with Crippen molar-refractivity contribution in [3.05, 3.63) is 99.6 Å². The fourth-order valence-electron chi connectivity index (χ4n) is 4.93. The summed E-state index contributed by atoms with van der Waals surface area (Å²) in [4.78, 5) is 53.3. The van der Waals surface area contributed by atoms with E-state index in [1.54, 1.807) is 4.90 Å². The Morgan fingerprint density at radius 2 is 1.34 bits per heavy atom. The van der Waals surface area contributed by atoms with Gasteiger partial charge in [0.05, 0.1) is 28.3 Å². The Kier molecular flexibility index (Phi) is 7.47. The number of anilines is 1. The number of amides is 1. The summed E-state index contributed by atoms with van der Waals surface area (Å²) in [7, 11) is 3.83. The molecular weight excluding hydrogens is 488 g/mol. The van der Waals surface area contributed by atoms with Gasteiger partial charge in [0, 0.05) is 26.3 Å². The lowest BCUT2D eigenvalue weighted by Crippen LogP contribution is -2.37. The number of nitrogens with zero attached hydrogens (tertiary/aromatic N) is 2. The van der Waals surface area contributed by atoms with E-state index >= 15 is 0 Å². The van der Waals surface area contributed by atoms with Gasteiger partial charge in [-0.2, -0.15) is 0 Å². The third-order valence-electron chi connectivity index (χ3n) is 6.86. The number of aromatic carboxylic acids is 3. The summed E-state index contributed by atoms with van der Waals surface area (Å²) >= 11 is 0. The number of fused-ring (bicyclic) bond motifs is 1. The van der Waals surface area contributed by atoms with Gasteiger partial charge in [-0.05, 0) is 60.2 Å². The highest BCUT2D eigenvalue weighted by Gasteiger charge is 2.33. The van der Waals surface area contributed by atoms with Crippen LogP contribution in [0, 0.1) is 0 Å². The van der Waals surface area contributed by atoms with Crippen LogP contribution in [0.15, 0.2) is 60.7 Å². The van der Waals surface area contributed by atoms with E-state index in [1.165, 1.54) is 0 Å². The Bertz CT molecular complexity index is 1410. The number of aryl methyl sites for hydroxylation is 1. The molecule has 0 aliphatic heterocycles. The van der Waals surface area contributed by atoms with Gasteiger partial charge in [-0.15, -0.1) is 0 Å². The molecule has 38 heavy (non-hydrogen) atoms. The van der Waals surface area contributed by atoms with Crippen molar-refractivity contribution in [2.45, 2.75) is 31.8 Å². The Balaban J connectivity index is 1.86. The van der Waals surface area contributed by atoms with Crippen LogP contribution in [0.5, 0.6) is 0 Å². The number of carbonyl (C=O) groups excluding carboxylic acids is 1. The third-order valence-corrected chi connectivity index (χ3v) is 6.86. The first-order valence-electron chi connectivity index (χ1n) is 12.1. The van der Waals surface area contributed by atoms with Crippen molar-refractivity contribution in [3.63, 3.8) is 0 Å². The van der Waals surface area contributed by atoms with Gasteiger partial charge in [0.25, 0.3) is 5.91 Å². The Morgan fingerprint density at radius 3 is 1.92 bits per heavy atom. The Hall–Kier alpha value is -4.66. The summed E-state index contributed by atoms with van der Waals surface area (Å²) in [5.74, 6) is -5.36. The van der Waals surface area contributed by atoms with Crippen LogP contribution in [0.3, 0.4) is 0 Å². The van der Waals surface area contributed by atoms with Crippen LogP contribution in [0.25, 0.3) is 0 Å². The molecule has 3 N–H and O–H groups in total. The first-order valence-corrected chi connectivity index (χ1v) is 12.1. The normalized spacial score (nSPS) is 14.3. The third kappa shape index (κ3) is 5.22. The van der Waals surface area contributed by atoms with Crippen molar-refractivity contribution in [2.75, 3.05) is 19.0 Å². The van der Waals surface area contributed by atoms with Gasteiger partial charge >= 0.3 is 17.9 Å². The lowest BCUT2D eigenvalue weighted by molar-refractivity contribution is 0.0611. The van der Waals surface area contributed by atoms with Gasteiger partial charge in [0.2, 0.25) is 0 Å². The predicted molar refractivity (Wildman–Crippen MR) is 140 cm³/mol. The summed E-state index contributed by atoms with van der Waals surface area (Å²) in [6.07, 6.45) is 2.30. The number of rotatable bonds is 8. The molecule has 9 heteroatoms. The molecule has 0 saturated carbocycles. The van der Waals surface area contributed by atoms with Crippen LogP contribution in [0.2, 0.25) is 0 Å². The number of carboxylic acids is 3. The molecule has 0 fully saturated rings. The molecule has 3 aromatic carbocycles. The first-order chi connectivity index (χ1) is 18.1. The predicted octanol–water partition coefficient (Wildman–Crippen LogP) is 4.57. The zero-order valence-corrected chi connectivity index (χ0v) is 21.0. The van der Waals surface area contributed by atoms with E-state index in [0.29, 0.717) is 6.42 Å². The molecule has 9 nitrogen and oxygen atoms in total. The van der Waals surface area contributed by atoms with Crippen LogP contribution >= 0.6 is 0 Å². The maximum atomic E-state index is 14.1. The molecule has 0 bridgehead atoms. The van der Waals surface area contributed by atoms with E-state index in [2.05, 4.69) is 0 Å². The van der Waals surface area contributed by atoms with E-state index in [4.69, 9.17) is 0 Å². The molecule has 1 aliphatic carbocycles. The minimum Gasteiger partial charge on any atom is -0.478 e. The molecule has 3 aromatic rings. The second kappa shape index (κ2) is 10.8. The number of benzene rings is 3. The number of carboxylic acid groups (broad SMARTS) is 3. The second-order valence-corrected chi connectivity index (χ2v) is 9.46. The Morgan fingerprint density at radius 1 is 0.789 bits per heavy atom. The van der Waals surface area contributed by atoms with Crippen LogP contribution in [0.4, 0.5) is 5.69 Å². The summed E-state index contributed by atoms with van der Waals surface area (Å²) in [6.45, 7) is 0.147. The molecule has 0 saturated heterocycles. The zero-order chi connectivity index (χ0) is 27.6. The SMILES string of the molecule is CN(C)c1ccc(CN(C(=O)c2cc(C(=O)O)c(C(=O)O)cc2C(=O)O)[C@H]2CCCc3ccccc32)cc1. The van der Waals surface area contributed by atoms with Crippen molar-refractivity contribution < 1.29 is 34.5 Å². The largest absolute Gasteiger partial charge is 0.478 e.